The fourth-order valence-electron chi connectivity index (χ4n) is 3.56. The standard InChI is InChI=1S/C16H27N5O3S/c1-12-15(10-19-20(12)2)25(23,24)21-8-4-5-13(11-21)9-18-16(22)14-6-3-7-17-14/h10,13-14,17H,3-9,11H2,1-2H3,(H,18,22). The van der Waals surface area contributed by atoms with Crippen LogP contribution in [-0.2, 0) is 21.9 Å². The summed E-state index contributed by atoms with van der Waals surface area (Å²) in [4.78, 5) is 12.4. The van der Waals surface area contributed by atoms with Crippen molar-refractivity contribution < 1.29 is 13.2 Å². The topological polar surface area (TPSA) is 96.3 Å². The van der Waals surface area contributed by atoms with Gasteiger partial charge in [-0.2, -0.15) is 9.40 Å². The van der Waals surface area contributed by atoms with Crippen molar-refractivity contribution in [1.29, 1.82) is 0 Å². The molecule has 1 amide bonds. The lowest BCUT2D eigenvalue weighted by atomic mass is 9.99. The Morgan fingerprint density at radius 1 is 1.40 bits per heavy atom. The lowest BCUT2D eigenvalue weighted by Crippen LogP contribution is -2.46. The molecule has 0 aromatic carbocycles. The summed E-state index contributed by atoms with van der Waals surface area (Å²) in [5.41, 5.74) is 0.641. The van der Waals surface area contributed by atoms with Crippen LogP contribution in [-0.4, -0.2) is 60.6 Å². The third kappa shape index (κ3) is 3.88. The van der Waals surface area contributed by atoms with Crippen molar-refractivity contribution in [2.45, 2.75) is 43.5 Å². The average Bonchev–Trinajstić information content (AvgIpc) is 3.24. The molecule has 140 valence electrons. The molecule has 2 aliphatic heterocycles. The number of nitrogens with zero attached hydrogens (tertiary/aromatic N) is 3. The summed E-state index contributed by atoms with van der Waals surface area (Å²) in [5, 5.41) is 10.2. The molecule has 8 nitrogen and oxygen atoms in total. The van der Waals surface area contributed by atoms with Crippen LogP contribution >= 0.6 is 0 Å². The van der Waals surface area contributed by atoms with Crippen molar-refractivity contribution in [3.8, 4) is 0 Å². The summed E-state index contributed by atoms with van der Waals surface area (Å²) in [5.74, 6) is 0.173. The number of sulfonamides is 1. The van der Waals surface area contributed by atoms with Crippen LogP contribution in [0.3, 0.4) is 0 Å². The largest absolute Gasteiger partial charge is 0.354 e. The second-order valence-electron chi connectivity index (χ2n) is 6.98. The monoisotopic (exact) mass is 369 g/mol. The molecule has 0 saturated carbocycles. The Morgan fingerprint density at radius 3 is 2.84 bits per heavy atom. The SMILES string of the molecule is Cc1c(S(=O)(=O)N2CCCC(CNC(=O)C3CCCN3)C2)cnn1C. The van der Waals surface area contributed by atoms with Crippen molar-refractivity contribution in [3.05, 3.63) is 11.9 Å². The van der Waals surface area contributed by atoms with Gasteiger partial charge in [0.1, 0.15) is 4.90 Å². The van der Waals surface area contributed by atoms with Crippen LogP contribution in [0.25, 0.3) is 0 Å². The number of piperidine rings is 1. The summed E-state index contributed by atoms with van der Waals surface area (Å²) in [6, 6.07) is -0.0959. The maximum Gasteiger partial charge on any atom is 0.246 e. The second-order valence-corrected chi connectivity index (χ2v) is 8.89. The minimum absolute atomic E-state index is 0.0283. The predicted molar refractivity (Wildman–Crippen MR) is 93.5 cm³/mol. The molecule has 2 aliphatic rings. The Hall–Kier alpha value is -1.45. The molecule has 25 heavy (non-hydrogen) atoms. The first-order valence-corrected chi connectivity index (χ1v) is 10.3. The van der Waals surface area contributed by atoms with E-state index in [1.165, 1.54) is 10.5 Å². The van der Waals surface area contributed by atoms with Gasteiger partial charge in [-0.15, -0.1) is 0 Å². The molecule has 2 unspecified atom stereocenters. The van der Waals surface area contributed by atoms with E-state index in [1.807, 2.05) is 0 Å². The molecule has 2 N–H and O–H groups in total. The minimum Gasteiger partial charge on any atom is -0.354 e. The minimum atomic E-state index is -3.53. The zero-order chi connectivity index (χ0) is 18.0. The molecule has 1 aromatic rings. The number of rotatable bonds is 5. The highest BCUT2D eigenvalue weighted by atomic mass is 32.2. The van der Waals surface area contributed by atoms with Crippen molar-refractivity contribution in [3.63, 3.8) is 0 Å². The molecular formula is C16H27N5O3S. The van der Waals surface area contributed by atoms with Crippen LogP contribution in [0.2, 0.25) is 0 Å². The summed E-state index contributed by atoms with van der Waals surface area (Å²) in [7, 11) is -1.80. The molecule has 1 aromatic heterocycles. The summed E-state index contributed by atoms with van der Waals surface area (Å²) >= 11 is 0. The summed E-state index contributed by atoms with van der Waals surface area (Å²) < 4.78 is 28.9. The Balaban J connectivity index is 1.60. The highest BCUT2D eigenvalue weighted by Crippen LogP contribution is 2.25. The lowest BCUT2D eigenvalue weighted by molar-refractivity contribution is -0.123. The van der Waals surface area contributed by atoms with Crippen molar-refractivity contribution in [2.75, 3.05) is 26.2 Å². The Kier molecular flexibility index (Phi) is 5.45. The fourth-order valence-corrected chi connectivity index (χ4v) is 5.30. The van der Waals surface area contributed by atoms with Gasteiger partial charge in [0, 0.05) is 26.7 Å². The Bertz CT molecular complexity index is 724. The number of nitrogens with one attached hydrogen (secondary N) is 2. The van der Waals surface area contributed by atoms with E-state index in [-0.39, 0.29) is 22.8 Å². The molecule has 3 rings (SSSR count). The summed E-state index contributed by atoms with van der Waals surface area (Å²) in [6.45, 7) is 4.13. The predicted octanol–water partition coefficient (Wildman–Crippen LogP) is -0.00258. The third-order valence-electron chi connectivity index (χ3n) is 5.23. The first kappa shape index (κ1) is 18.3. The fraction of sp³-hybridized carbons (Fsp3) is 0.750. The van der Waals surface area contributed by atoms with Gasteiger partial charge in [-0.05, 0) is 45.1 Å². The quantitative estimate of drug-likeness (QED) is 0.761. The molecule has 9 heteroatoms. The smallest absolute Gasteiger partial charge is 0.246 e. The van der Waals surface area contributed by atoms with Crippen LogP contribution < -0.4 is 10.6 Å². The normalized spacial score (nSPS) is 25.2. The molecular weight excluding hydrogens is 342 g/mol. The van der Waals surface area contributed by atoms with Gasteiger partial charge in [0.2, 0.25) is 15.9 Å². The number of amides is 1. The van der Waals surface area contributed by atoms with Crippen molar-refractivity contribution >= 4 is 15.9 Å². The molecule has 3 heterocycles. The number of hydrogen-bond donors (Lipinski definition) is 2. The van der Waals surface area contributed by atoms with Gasteiger partial charge in [0.05, 0.1) is 17.9 Å². The van der Waals surface area contributed by atoms with Crippen molar-refractivity contribution in [2.24, 2.45) is 13.0 Å². The zero-order valence-corrected chi connectivity index (χ0v) is 15.7. The van der Waals surface area contributed by atoms with Crippen LogP contribution in [0.4, 0.5) is 0 Å². The maximum atomic E-state index is 12.9. The van der Waals surface area contributed by atoms with Crippen molar-refractivity contribution in [1.82, 2.24) is 24.7 Å². The van der Waals surface area contributed by atoms with Crippen LogP contribution in [0, 0.1) is 12.8 Å². The molecule has 0 bridgehead atoms. The van der Waals surface area contributed by atoms with Crippen LogP contribution in [0.1, 0.15) is 31.4 Å². The lowest BCUT2D eigenvalue weighted by Gasteiger charge is -2.32. The number of aromatic nitrogens is 2. The van der Waals surface area contributed by atoms with Gasteiger partial charge in [-0.25, -0.2) is 8.42 Å². The molecule has 0 spiro atoms. The van der Waals surface area contributed by atoms with Gasteiger partial charge < -0.3 is 10.6 Å². The van der Waals surface area contributed by atoms with E-state index < -0.39 is 10.0 Å². The van der Waals surface area contributed by atoms with E-state index >= 15 is 0 Å². The maximum absolute atomic E-state index is 12.9. The average molecular weight is 369 g/mol. The van der Waals surface area contributed by atoms with Gasteiger partial charge in [0.15, 0.2) is 0 Å². The van der Waals surface area contributed by atoms with Crippen LogP contribution in [0.15, 0.2) is 11.1 Å². The zero-order valence-electron chi connectivity index (χ0n) is 14.9. The van der Waals surface area contributed by atoms with E-state index in [9.17, 15) is 13.2 Å². The number of hydrogen-bond acceptors (Lipinski definition) is 5. The summed E-state index contributed by atoms with van der Waals surface area (Å²) in [6.07, 6.45) is 5.05. The Labute approximate surface area is 149 Å². The first-order valence-electron chi connectivity index (χ1n) is 8.89. The molecule has 0 aliphatic carbocycles. The first-order chi connectivity index (χ1) is 11.9. The number of carbonyl (C=O) groups excluding carboxylic acids is 1. The van der Waals surface area contributed by atoms with Gasteiger partial charge in [0.25, 0.3) is 0 Å². The van der Waals surface area contributed by atoms with E-state index in [1.54, 1.807) is 18.7 Å². The second kappa shape index (κ2) is 7.43. The van der Waals surface area contributed by atoms with E-state index in [4.69, 9.17) is 0 Å². The third-order valence-corrected chi connectivity index (χ3v) is 7.20. The molecule has 0 radical (unpaired) electrons. The van der Waals surface area contributed by atoms with E-state index in [2.05, 4.69) is 15.7 Å². The highest BCUT2D eigenvalue weighted by molar-refractivity contribution is 7.89. The molecule has 2 atom stereocenters. The molecule has 2 fully saturated rings. The van der Waals surface area contributed by atoms with Gasteiger partial charge in [-0.1, -0.05) is 0 Å². The number of carbonyl (C=O) groups is 1. The highest BCUT2D eigenvalue weighted by Gasteiger charge is 2.33. The Morgan fingerprint density at radius 2 is 2.20 bits per heavy atom. The van der Waals surface area contributed by atoms with E-state index in [0.717, 1.165) is 32.2 Å². The van der Waals surface area contributed by atoms with E-state index in [0.29, 0.717) is 25.3 Å². The van der Waals surface area contributed by atoms with Crippen LogP contribution in [0.5, 0.6) is 0 Å². The van der Waals surface area contributed by atoms with Gasteiger partial charge in [-0.3, -0.25) is 9.48 Å². The molecule has 2 saturated heterocycles. The number of aryl methyl sites for hydroxylation is 1. The van der Waals surface area contributed by atoms with Gasteiger partial charge >= 0.3 is 0 Å².